The lowest BCUT2D eigenvalue weighted by Crippen LogP contribution is -2.43. The van der Waals surface area contributed by atoms with Gasteiger partial charge in [0.15, 0.2) is 0 Å². The van der Waals surface area contributed by atoms with Crippen molar-refractivity contribution in [2.45, 2.75) is 25.7 Å². The summed E-state index contributed by atoms with van der Waals surface area (Å²) in [5.74, 6) is 0.911. The fourth-order valence-corrected chi connectivity index (χ4v) is 4.26. The van der Waals surface area contributed by atoms with Crippen LogP contribution >= 0.6 is 0 Å². The van der Waals surface area contributed by atoms with Crippen molar-refractivity contribution in [2.75, 3.05) is 47.3 Å². The topological polar surface area (TPSA) is 95.4 Å². The van der Waals surface area contributed by atoms with E-state index in [0.29, 0.717) is 31.8 Å². The van der Waals surface area contributed by atoms with E-state index in [-0.39, 0.29) is 18.1 Å². The monoisotopic (exact) mass is 468 g/mol. The fraction of sp³-hybridized carbons (Fsp3) is 0.480. The molecule has 3 heterocycles. The summed E-state index contributed by atoms with van der Waals surface area (Å²) >= 11 is 0. The Morgan fingerprint density at radius 1 is 1.12 bits per heavy atom. The van der Waals surface area contributed by atoms with Crippen molar-refractivity contribution in [1.82, 2.24) is 19.7 Å². The van der Waals surface area contributed by atoms with Crippen LogP contribution in [-0.4, -0.2) is 90.4 Å². The molecule has 9 heteroatoms. The standard InChI is InChI=1S/C25H32N4O5/c1-27(2)12-13-28(3)23(30)19-4-6-21(26-15-19)18-5-7-22-20(14-18)16-33-24(34-22)17-8-10-29(11-9-17)25(31)32/h4-7,14-15,17,24H,8-13,16H2,1-3H3,(H,31,32). The number of benzene rings is 1. The highest BCUT2D eigenvalue weighted by molar-refractivity contribution is 5.94. The van der Waals surface area contributed by atoms with Gasteiger partial charge in [-0.3, -0.25) is 9.78 Å². The molecule has 1 fully saturated rings. The molecule has 0 spiro atoms. The van der Waals surface area contributed by atoms with Crippen LogP contribution < -0.4 is 4.74 Å². The Morgan fingerprint density at radius 3 is 2.53 bits per heavy atom. The Kier molecular flexibility index (Phi) is 7.33. The van der Waals surface area contributed by atoms with E-state index in [2.05, 4.69) is 4.98 Å². The summed E-state index contributed by atoms with van der Waals surface area (Å²) in [6, 6.07) is 9.57. The maximum atomic E-state index is 12.6. The van der Waals surface area contributed by atoms with Crippen LogP contribution in [0.25, 0.3) is 11.3 Å². The number of carbonyl (C=O) groups is 2. The third-order valence-electron chi connectivity index (χ3n) is 6.44. The van der Waals surface area contributed by atoms with Crippen LogP contribution in [0.15, 0.2) is 36.5 Å². The summed E-state index contributed by atoms with van der Waals surface area (Å²) in [5, 5.41) is 9.13. The minimum Gasteiger partial charge on any atom is -0.465 e. The second kappa shape index (κ2) is 10.4. The van der Waals surface area contributed by atoms with Crippen LogP contribution in [0.5, 0.6) is 5.75 Å². The lowest BCUT2D eigenvalue weighted by atomic mass is 9.95. The number of piperidine rings is 1. The molecule has 1 aromatic carbocycles. The number of nitrogens with zero attached hydrogens (tertiary/aromatic N) is 4. The Morgan fingerprint density at radius 2 is 1.88 bits per heavy atom. The molecule has 34 heavy (non-hydrogen) atoms. The van der Waals surface area contributed by atoms with E-state index in [1.807, 2.05) is 49.3 Å². The Labute approximate surface area is 199 Å². The minimum absolute atomic E-state index is 0.0478. The van der Waals surface area contributed by atoms with Crippen molar-refractivity contribution < 1.29 is 24.2 Å². The molecule has 1 aromatic heterocycles. The van der Waals surface area contributed by atoms with Crippen LogP contribution in [-0.2, 0) is 11.3 Å². The first-order valence-electron chi connectivity index (χ1n) is 11.6. The van der Waals surface area contributed by atoms with Gasteiger partial charge in [0.2, 0.25) is 6.29 Å². The fourth-order valence-electron chi connectivity index (χ4n) is 4.26. The van der Waals surface area contributed by atoms with E-state index in [1.165, 1.54) is 4.90 Å². The quantitative estimate of drug-likeness (QED) is 0.696. The van der Waals surface area contributed by atoms with Gasteiger partial charge in [0.25, 0.3) is 5.91 Å². The van der Waals surface area contributed by atoms with Gasteiger partial charge in [-0.1, -0.05) is 0 Å². The lowest BCUT2D eigenvalue weighted by molar-refractivity contribution is -0.148. The smallest absolute Gasteiger partial charge is 0.407 e. The Bertz CT molecular complexity index is 1020. The number of carboxylic acid groups (broad SMARTS) is 1. The highest BCUT2D eigenvalue weighted by atomic mass is 16.7. The van der Waals surface area contributed by atoms with E-state index < -0.39 is 6.09 Å². The summed E-state index contributed by atoms with van der Waals surface area (Å²) in [6.07, 6.45) is 1.84. The molecular formula is C25H32N4O5. The zero-order valence-electron chi connectivity index (χ0n) is 19.9. The molecule has 1 unspecified atom stereocenters. The molecule has 0 saturated carbocycles. The summed E-state index contributed by atoms with van der Waals surface area (Å²) in [4.78, 5) is 33.4. The number of likely N-dealkylation sites (N-methyl/N-ethyl adjacent to an activating group) is 2. The molecule has 182 valence electrons. The number of rotatable bonds is 6. The number of hydrogen-bond acceptors (Lipinski definition) is 6. The third-order valence-corrected chi connectivity index (χ3v) is 6.44. The van der Waals surface area contributed by atoms with Crippen molar-refractivity contribution in [3.8, 4) is 17.0 Å². The Balaban J connectivity index is 1.38. The van der Waals surface area contributed by atoms with Crippen molar-refractivity contribution in [3.05, 3.63) is 47.7 Å². The number of likely N-dealkylation sites (tertiary alicyclic amines) is 1. The molecule has 1 saturated heterocycles. The average Bonchev–Trinajstić information content (AvgIpc) is 2.86. The first-order chi connectivity index (χ1) is 16.3. The van der Waals surface area contributed by atoms with Crippen LogP contribution in [0.1, 0.15) is 28.8 Å². The van der Waals surface area contributed by atoms with Crippen molar-refractivity contribution in [2.24, 2.45) is 5.92 Å². The molecule has 9 nitrogen and oxygen atoms in total. The van der Waals surface area contributed by atoms with E-state index in [0.717, 1.165) is 42.0 Å². The number of hydrogen-bond donors (Lipinski definition) is 1. The Hall–Kier alpha value is -3.17. The van der Waals surface area contributed by atoms with Gasteiger partial charge >= 0.3 is 6.09 Å². The lowest BCUT2D eigenvalue weighted by Gasteiger charge is -2.36. The minimum atomic E-state index is -0.871. The molecule has 4 rings (SSSR count). The van der Waals surface area contributed by atoms with E-state index in [9.17, 15) is 9.59 Å². The SMILES string of the molecule is CN(C)CCN(C)C(=O)c1ccc(-c2ccc3c(c2)COC(C2CCN(C(=O)O)CC2)O3)nc1. The van der Waals surface area contributed by atoms with Gasteiger partial charge in [-0.15, -0.1) is 0 Å². The largest absolute Gasteiger partial charge is 0.465 e. The van der Waals surface area contributed by atoms with Gasteiger partial charge in [-0.05, 0) is 57.3 Å². The van der Waals surface area contributed by atoms with E-state index in [1.54, 1.807) is 18.1 Å². The number of amides is 2. The highest BCUT2D eigenvalue weighted by Crippen LogP contribution is 2.34. The number of aromatic nitrogens is 1. The third kappa shape index (κ3) is 5.48. The van der Waals surface area contributed by atoms with Gasteiger partial charge < -0.3 is 29.3 Å². The van der Waals surface area contributed by atoms with Crippen molar-refractivity contribution in [3.63, 3.8) is 0 Å². The summed E-state index contributed by atoms with van der Waals surface area (Å²) in [6.45, 7) is 2.89. The summed E-state index contributed by atoms with van der Waals surface area (Å²) in [5.41, 5.74) is 3.21. The summed E-state index contributed by atoms with van der Waals surface area (Å²) < 4.78 is 12.1. The van der Waals surface area contributed by atoms with Gasteiger partial charge in [0.1, 0.15) is 5.75 Å². The molecule has 1 atom stereocenters. The van der Waals surface area contributed by atoms with Gasteiger partial charge in [0.05, 0.1) is 17.9 Å². The average molecular weight is 469 g/mol. The molecule has 0 radical (unpaired) electrons. The first kappa shape index (κ1) is 24.0. The predicted molar refractivity (Wildman–Crippen MR) is 127 cm³/mol. The molecule has 0 aliphatic carbocycles. The number of pyridine rings is 1. The molecule has 2 amide bonds. The van der Waals surface area contributed by atoms with Crippen molar-refractivity contribution in [1.29, 1.82) is 0 Å². The number of carbonyl (C=O) groups excluding carboxylic acids is 1. The van der Waals surface area contributed by atoms with Gasteiger partial charge in [0, 0.05) is 56.5 Å². The molecule has 0 bridgehead atoms. The maximum absolute atomic E-state index is 12.6. The maximum Gasteiger partial charge on any atom is 0.407 e. The first-order valence-corrected chi connectivity index (χ1v) is 11.6. The molecule has 2 aromatic rings. The van der Waals surface area contributed by atoms with Crippen molar-refractivity contribution >= 4 is 12.0 Å². The van der Waals surface area contributed by atoms with Crippen LogP contribution in [0.4, 0.5) is 4.79 Å². The molecule has 2 aliphatic rings. The second-order valence-corrected chi connectivity index (χ2v) is 9.19. The highest BCUT2D eigenvalue weighted by Gasteiger charge is 2.33. The molecular weight excluding hydrogens is 436 g/mol. The van der Waals surface area contributed by atoms with Gasteiger partial charge in [-0.2, -0.15) is 0 Å². The van der Waals surface area contributed by atoms with Crippen LogP contribution in [0.3, 0.4) is 0 Å². The normalized spacial score (nSPS) is 18.4. The van der Waals surface area contributed by atoms with E-state index in [4.69, 9.17) is 14.6 Å². The molecule has 1 N–H and O–H groups in total. The zero-order valence-corrected chi connectivity index (χ0v) is 19.9. The van der Waals surface area contributed by atoms with Gasteiger partial charge in [-0.25, -0.2) is 4.79 Å². The summed E-state index contributed by atoms with van der Waals surface area (Å²) in [7, 11) is 5.76. The van der Waals surface area contributed by atoms with Crippen LogP contribution in [0, 0.1) is 5.92 Å². The molecule has 2 aliphatic heterocycles. The predicted octanol–water partition coefficient (Wildman–Crippen LogP) is 3.01. The van der Waals surface area contributed by atoms with Crippen LogP contribution in [0.2, 0.25) is 0 Å². The second-order valence-electron chi connectivity index (χ2n) is 9.19. The number of ether oxygens (including phenoxy) is 2. The van der Waals surface area contributed by atoms with E-state index >= 15 is 0 Å². The number of fused-ring (bicyclic) bond motifs is 1. The zero-order chi connectivity index (χ0) is 24.2.